The Morgan fingerprint density at radius 1 is 0.902 bits per heavy atom. The van der Waals surface area contributed by atoms with Gasteiger partial charge in [-0.25, -0.2) is 9.78 Å². The molecule has 0 fully saturated rings. The highest BCUT2D eigenvalue weighted by molar-refractivity contribution is 5.95. The Morgan fingerprint density at radius 2 is 1.54 bits per heavy atom. The van der Waals surface area contributed by atoms with Crippen LogP contribution >= 0.6 is 0 Å². The lowest BCUT2D eigenvalue weighted by Crippen LogP contribution is -2.59. The van der Waals surface area contributed by atoms with E-state index in [-0.39, 0.29) is 24.7 Å². The highest BCUT2D eigenvalue weighted by Crippen LogP contribution is 2.20. The Kier molecular flexibility index (Phi) is 11.0. The smallest absolute Gasteiger partial charge is 0.326 e. The van der Waals surface area contributed by atoms with Gasteiger partial charge < -0.3 is 36.8 Å². The predicted molar refractivity (Wildman–Crippen MR) is 155 cm³/mol. The monoisotopic (exact) mass is 567 g/mol. The van der Waals surface area contributed by atoms with Gasteiger partial charge in [0, 0.05) is 41.8 Å². The van der Waals surface area contributed by atoms with Crippen LogP contribution in [-0.4, -0.2) is 67.9 Å². The SMILES string of the molecule is CCC(C)C(N)C(=O)NC(Cc1c[nH]c2ccccc12)C(=O)NC(Cc1cnc[nH]1)C(=O)NC(C(=O)O)C(C)CC. The van der Waals surface area contributed by atoms with Crippen LogP contribution in [0.5, 0.6) is 0 Å². The number of nitrogens with one attached hydrogen (secondary N) is 5. The second kappa shape index (κ2) is 14.4. The highest BCUT2D eigenvalue weighted by atomic mass is 16.4. The van der Waals surface area contributed by atoms with Crippen molar-refractivity contribution >= 4 is 34.6 Å². The number of hydrogen-bond acceptors (Lipinski definition) is 6. The van der Waals surface area contributed by atoms with E-state index >= 15 is 0 Å². The first-order chi connectivity index (χ1) is 19.5. The zero-order valence-corrected chi connectivity index (χ0v) is 23.9. The standard InChI is InChI=1S/C29H41N7O5/c1-5-16(3)24(30)28(39)35-22(11-18-13-32-21-10-8-7-9-20(18)21)26(37)34-23(12-19-14-31-15-33-19)27(38)36-25(29(40)41)17(4)6-2/h7-10,13-17,22-25,32H,5-6,11-12,30H2,1-4H3,(H,31,33)(H,34,37)(H,35,39)(H,36,38)(H,40,41). The number of amides is 3. The summed E-state index contributed by atoms with van der Waals surface area (Å²) in [7, 11) is 0. The third-order valence-electron chi connectivity index (χ3n) is 7.68. The molecular formula is C29H41N7O5. The topological polar surface area (TPSA) is 195 Å². The summed E-state index contributed by atoms with van der Waals surface area (Å²) in [6.07, 6.45) is 6.13. The van der Waals surface area contributed by atoms with E-state index in [1.165, 1.54) is 12.5 Å². The summed E-state index contributed by atoms with van der Waals surface area (Å²) in [6, 6.07) is 3.44. The fourth-order valence-corrected chi connectivity index (χ4v) is 4.54. The summed E-state index contributed by atoms with van der Waals surface area (Å²) in [6.45, 7) is 7.35. The van der Waals surface area contributed by atoms with E-state index in [1.54, 1.807) is 13.1 Å². The Bertz CT molecular complexity index is 1320. The normalized spacial score (nSPS) is 15.7. The molecule has 2 aromatic heterocycles. The van der Waals surface area contributed by atoms with Gasteiger partial charge >= 0.3 is 5.97 Å². The van der Waals surface area contributed by atoms with E-state index in [0.29, 0.717) is 18.5 Å². The summed E-state index contributed by atoms with van der Waals surface area (Å²) in [5.41, 5.74) is 8.42. The minimum atomic E-state index is -1.16. The van der Waals surface area contributed by atoms with Gasteiger partial charge in [-0.2, -0.15) is 0 Å². The molecule has 2 heterocycles. The van der Waals surface area contributed by atoms with Crippen LogP contribution in [0.25, 0.3) is 10.9 Å². The minimum absolute atomic E-state index is 0.0323. The molecule has 8 N–H and O–H groups in total. The lowest BCUT2D eigenvalue weighted by molar-refractivity contribution is -0.143. The first kappa shape index (κ1) is 31.3. The number of aromatic amines is 2. The first-order valence-corrected chi connectivity index (χ1v) is 14.0. The third kappa shape index (κ3) is 8.16. The van der Waals surface area contributed by atoms with Crippen LogP contribution in [-0.2, 0) is 32.0 Å². The van der Waals surface area contributed by atoms with Crippen LogP contribution in [0.2, 0.25) is 0 Å². The zero-order chi connectivity index (χ0) is 30.1. The summed E-state index contributed by atoms with van der Waals surface area (Å²) in [4.78, 5) is 62.1. The molecule has 222 valence electrons. The molecule has 41 heavy (non-hydrogen) atoms. The molecule has 6 atom stereocenters. The molecule has 0 saturated carbocycles. The number of fused-ring (bicyclic) bond motifs is 1. The molecule has 1 aromatic carbocycles. The van der Waals surface area contributed by atoms with Gasteiger partial charge in [0.1, 0.15) is 18.1 Å². The van der Waals surface area contributed by atoms with Crippen LogP contribution in [0.15, 0.2) is 43.0 Å². The number of benzene rings is 1. The second-order valence-electron chi connectivity index (χ2n) is 10.6. The van der Waals surface area contributed by atoms with E-state index in [4.69, 9.17) is 5.73 Å². The fourth-order valence-electron chi connectivity index (χ4n) is 4.54. The Morgan fingerprint density at radius 3 is 2.17 bits per heavy atom. The van der Waals surface area contributed by atoms with Crippen molar-refractivity contribution in [2.75, 3.05) is 0 Å². The Hall–Kier alpha value is -4.19. The van der Waals surface area contributed by atoms with Crippen LogP contribution < -0.4 is 21.7 Å². The van der Waals surface area contributed by atoms with Crippen LogP contribution in [0.3, 0.4) is 0 Å². The van der Waals surface area contributed by atoms with Gasteiger partial charge in [0.15, 0.2) is 0 Å². The number of nitrogens with zero attached hydrogens (tertiary/aromatic N) is 1. The fraction of sp³-hybridized carbons (Fsp3) is 0.483. The maximum absolute atomic E-state index is 13.8. The quantitative estimate of drug-likeness (QED) is 0.145. The molecule has 0 aliphatic carbocycles. The van der Waals surface area contributed by atoms with Crippen LogP contribution in [0, 0.1) is 11.8 Å². The average molecular weight is 568 g/mol. The molecule has 0 bridgehead atoms. The number of para-hydroxylation sites is 1. The van der Waals surface area contributed by atoms with Crippen molar-refractivity contribution in [3.8, 4) is 0 Å². The van der Waals surface area contributed by atoms with Gasteiger partial charge in [-0.05, 0) is 23.5 Å². The lowest BCUT2D eigenvalue weighted by atomic mass is 9.97. The zero-order valence-electron chi connectivity index (χ0n) is 23.9. The van der Waals surface area contributed by atoms with Crippen LogP contribution in [0.4, 0.5) is 0 Å². The van der Waals surface area contributed by atoms with E-state index in [9.17, 15) is 24.3 Å². The molecule has 12 heteroatoms. The number of hydrogen-bond donors (Lipinski definition) is 7. The number of carbonyl (C=O) groups excluding carboxylic acids is 3. The molecule has 0 spiro atoms. The van der Waals surface area contributed by atoms with E-state index < -0.39 is 47.9 Å². The van der Waals surface area contributed by atoms with Crippen molar-refractivity contribution in [1.82, 2.24) is 30.9 Å². The molecule has 3 rings (SSSR count). The highest BCUT2D eigenvalue weighted by Gasteiger charge is 2.33. The predicted octanol–water partition coefficient (Wildman–Crippen LogP) is 1.63. The van der Waals surface area contributed by atoms with Gasteiger partial charge in [-0.3, -0.25) is 14.4 Å². The number of H-pyrrole nitrogens is 2. The molecule has 6 unspecified atom stereocenters. The maximum atomic E-state index is 13.8. The number of aromatic nitrogens is 3. The molecule has 3 amide bonds. The second-order valence-corrected chi connectivity index (χ2v) is 10.6. The molecule has 0 aliphatic heterocycles. The van der Waals surface area contributed by atoms with Crippen molar-refractivity contribution in [1.29, 1.82) is 0 Å². The maximum Gasteiger partial charge on any atom is 0.326 e. The van der Waals surface area contributed by atoms with Crippen LogP contribution in [0.1, 0.15) is 51.8 Å². The van der Waals surface area contributed by atoms with Gasteiger partial charge in [0.25, 0.3) is 0 Å². The van der Waals surface area contributed by atoms with Crippen molar-refractivity contribution < 1.29 is 24.3 Å². The minimum Gasteiger partial charge on any atom is -0.480 e. The van der Waals surface area contributed by atoms with E-state index in [1.807, 2.05) is 45.0 Å². The van der Waals surface area contributed by atoms with Crippen molar-refractivity contribution in [2.24, 2.45) is 17.6 Å². The third-order valence-corrected chi connectivity index (χ3v) is 7.68. The Balaban J connectivity index is 1.89. The van der Waals surface area contributed by atoms with Crippen molar-refractivity contribution in [2.45, 2.75) is 77.5 Å². The number of imidazole rings is 1. The Labute approximate surface area is 239 Å². The van der Waals surface area contributed by atoms with Crippen molar-refractivity contribution in [3.63, 3.8) is 0 Å². The summed E-state index contributed by atoms with van der Waals surface area (Å²) >= 11 is 0. The summed E-state index contributed by atoms with van der Waals surface area (Å²) in [5.74, 6) is -3.35. The summed E-state index contributed by atoms with van der Waals surface area (Å²) < 4.78 is 0. The molecule has 0 aliphatic rings. The van der Waals surface area contributed by atoms with Gasteiger partial charge in [-0.15, -0.1) is 0 Å². The average Bonchev–Trinajstić information content (AvgIpc) is 3.63. The van der Waals surface area contributed by atoms with Gasteiger partial charge in [0.05, 0.1) is 12.4 Å². The van der Waals surface area contributed by atoms with E-state index in [0.717, 1.165) is 16.5 Å². The van der Waals surface area contributed by atoms with Gasteiger partial charge in [0.2, 0.25) is 17.7 Å². The molecule has 0 radical (unpaired) electrons. The molecule has 0 saturated heterocycles. The van der Waals surface area contributed by atoms with Crippen molar-refractivity contribution in [3.05, 3.63) is 54.2 Å². The number of carbonyl (C=O) groups is 4. The lowest BCUT2D eigenvalue weighted by Gasteiger charge is -2.27. The number of nitrogens with two attached hydrogens (primary N) is 1. The number of carboxylic acid groups (broad SMARTS) is 1. The van der Waals surface area contributed by atoms with E-state index in [2.05, 4.69) is 30.9 Å². The largest absolute Gasteiger partial charge is 0.480 e. The number of carboxylic acids is 1. The first-order valence-electron chi connectivity index (χ1n) is 14.0. The number of rotatable bonds is 15. The van der Waals surface area contributed by atoms with Gasteiger partial charge in [-0.1, -0.05) is 58.7 Å². The summed E-state index contributed by atoms with van der Waals surface area (Å²) in [5, 5.41) is 18.7. The number of aliphatic carboxylic acids is 1. The molecular weight excluding hydrogens is 526 g/mol. The molecule has 12 nitrogen and oxygen atoms in total. The molecule has 3 aromatic rings.